The Morgan fingerprint density at radius 3 is 3.03 bits per heavy atom. The van der Waals surface area contributed by atoms with E-state index in [4.69, 9.17) is 23.8 Å². The highest BCUT2D eigenvalue weighted by Gasteiger charge is 2.18. The number of amides is 1. The van der Waals surface area contributed by atoms with Crippen molar-refractivity contribution in [2.75, 3.05) is 5.32 Å². The first-order valence-corrected chi connectivity index (χ1v) is 10.8. The fourth-order valence-electron chi connectivity index (χ4n) is 2.87. The van der Waals surface area contributed by atoms with Gasteiger partial charge in [0.2, 0.25) is 0 Å². The molecule has 4 aromatic rings. The quantitative estimate of drug-likeness (QED) is 0.311. The number of allylic oxidation sites excluding steroid dienone is 1. The predicted octanol–water partition coefficient (Wildman–Crippen LogP) is 3.97. The molecule has 0 bridgehead atoms. The van der Waals surface area contributed by atoms with Crippen molar-refractivity contribution < 1.29 is 4.79 Å². The molecule has 0 unspecified atom stereocenters. The topological polar surface area (TPSA) is 106 Å². The number of halogens is 1. The summed E-state index contributed by atoms with van der Waals surface area (Å²) in [6, 6.07) is 7.08. The van der Waals surface area contributed by atoms with E-state index in [-0.39, 0.29) is 11.6 Å². The van der Waals surface area contributed by atoms with E-state index in [1.165, 1.54) is 16.1 Å². The van der Waals surface area contributed by atoms with E-state index in [1.54, 1.807) is 31.2 Å². The molecule has 12 heteroatoms. The van der Waals surface area contributed by atoms with Crippen LogP contribution in [0.3, 0.4) is 0 Å². The fourth-order valence-corrected chi connectivity index (χ4v) is 3.99. The number of aryl methyl sites for hydroxylation is 1. The number of aromatic amines is 1. The Hall–Kier alpha value is -3.15. The second-order valence-corrected chi connectivity index (χ2v) is 8.20. The van der Waals surface area contributed by atoms with Gasteiger partial charge in [-0.3, -0.25) is 19.8 Å². The number of H-pyrrole nitrogens is 1. The molecule has 3 aromatic heterocycles. The van der Waals surface area contributed by atoms with Crippen LogP contribution in [-0.2, 0) is 13.0 Å². The number of benzene rings is 1. The van der Waals surface area contributed by atoms with Gasteiger partial charge in [-0.05, 0) is 37.3 Å². The zero-order valence-electron chi connectivity index (χ0n) is 16.4. The first kappa shape index (κ1) is 21.1. The van der Waals surface area contributed by atoms with Crippen molar-refractivity contribution in [2.24, 2.45) is 0 Å². The third-order valence-corrected chi connectivity index (χ3v) is 5.65. The lowest BCUT2D eigenvalue weighted by molar-refractivity contribution is 0.102. The molecule has 3 heterocycles. The summed E-state index contributed by atoms with van der Waals surface area (Å²) in [5.74, 6) is 0.356. The highest BCUT2D eigenvalue weighted by molar-refractivity contribution is 7.71. The Balaban J connectivity index is 1.48. The van der Waals surface area contributed by atoms with Crippen molar-refractivity contribution in [3.05, 3.63) is 75.0 Å². The molecule has 1 aromatic carbocycles. The summed E-state index contributed by atoms with van der Waals surface area (Å²) < 4.78 is 2.37. The van der Waals surface area contributed by atoms with Gasteiger partial charge in [0, 0.05) is 16.9 Å². The third-order valence-electron chi connectivity index (χ3n) is 4.30. The normalized spacial score (nSPS) is 10.9. The van der Waals surface area contributed by atoms with Crippen molar-refractivity contribution in [2.45, 2.75) is 19.9 Å². The molecule has 0 saturated carbocycles. The van der Waals surface area contributed by atoms with Gasteiger partial charge in [-0.1, -0.05) is 23.7 Å². The molecule has 0 aliphatic rings. The summed E-state index contributed by atoms with van der Waals surface area (Å²) in [6.07, 6.45) is 2.22. The van der Waals surface area contributed by atoms with Gasteiger partial charge in [0.15, 0.2) is 15.6 Å². The molecule has 0 atom stereocenters. The number of rotatable bonds is 7. The first-order chi connectivity index (χ1) is 14.9. The third kappa shape index (κ3) is 4.63. The predicted molar refractivity (Wildman–Crippen MR) is 122 cm³/mol. The highest BCUT2D eigenvalue weighted by Crippen LogP contribution is 2.20. The summed E-state index contributed by atoms with van der Waals surface area (Å²) in [7, 11) is 0. The van der Waals surface area contributed by atoms with E-state index < -0.39 is 0 Å². The molecular formula is C19H17ClN8OS2. The lowest BCUT2D eigenvalue weighted by Gasteiger charge is -2.01. The van der Waals surface area contributed by atoms with Gasteiger partial charge in [0.1, 0.15) is 5.82 Å². The van der Waals surface area contributed by atoms with E-state index in [0.29, 0.717) is 39.3 Å². The zero-order valence-corrected chi connectivity index (χ0v) is 18.8. The maximum atomic E-state index is 12.7. The molecule has 158 valence electrons. The lowest BCUT2D eigenvalue weighted by atomic mass is 10.3. The zero-order chi connectivity index (χ0) is 22.0. The van der Waals surface area contributed by atoms with Crippen molar-refractivity contribution in [3.8, 4) is 5.69 Å². The van der Waals surface area contributed by atoms with Crippen LogP contribution >= 0.6 is 35.2 Å². The highest BCUT2D eigenvalue weighted by atomic mass is 35.5. The summed E-state index contributed by atoms with van der Waals surface area (Å²) in [5.41, 5.74) is 2.14. The van der Waals surface area contributed by atoms with Gasteiger partial charge in [0.05, 0.1) is 23.5 Å². The number of nitrogens with one attached hydrogen (secondary N) is 2. The van der Waals surface area contributed by atoms with Crippen LogP contribution in [0.15, 0.2) is 42.3 Å². The van der Waals surface area contributed by atoms with Crippen LogP contribution in [0.5, 0.6) is 0 Å². The van der Waals surface area contributed by atoms with Crippen LogP contribution in [0.4, 0.5) is 5.13 Å². The Bertz CT molecular complexity index is 1320. The maximum absolute atomic E-state index is 12.7. The van der Waals surface area contributed by atoms with Crippen LogP contribution in [-0.4, -0.2) is 40.6 Å². The van der Waals surface area contributed by atoms with Crippen LogP contribution in [0.25, 0.3) is 5.69 Å². The molecule has 0 spiro atoms. The van der Waals surface area contributed by atoms with Gasteiger partial charge in [-0.15, -0.1) is 23.0 Å². The second kappa shape index (κ2) is 8.92. The van der Waals surface area contributed by atoms with Crippen molar-refractivity contribution in [1.82, 2.24) is 34.7 Å². The molecule has 0 fully saturated rings. The molecule has 0 radical (unpaired) electrons. The summed E-state index contributed by atoms with van der Waals surface area (Å²) >= 11 is 12.6. The largest absolute Gasteiger partial charge is 0.300 e. The molecule has 0 aliphatic heterocycles. The number of thiazole rings is 1. The molecule has 2 N–H and O–H groups in total. The fraction of sp³-hybridized carbons (Fsp3) is 0.158. The number of hydrogen-bond acceptors (Lipinski definition) is 7. The van der Waals surface area contributed by atoms with Gasteiger partial charge >= 0.3 is 0 Å². The molecule has 9 nitrogen and oxygen atoms in total. The monoisotopic (exact) mass is 472 g/mol. The smallest absolute Gasteiger partial charge is 0.279 e. The second-order valence-electron chi connectivity index (χ2n) is 6.52. The number of carbonyl (C=O) groups excluding carboxylic acids is 1. The number of aromatic nitrogens is 7. The minimum Gasteiger partial charge on any atom is -0.300 e. The summed E-state index contributed by atoms with van der Waals surface area (Å²) in [5, 5.41) is 21.3. The Morgan fingerprint density at radius 1 is 1.42 bits per heavy atom. The first-order valence-electron chi connectivity index (χ1n) is 9.15. The maximum Gasteiger partial charge on any atom is 0.279 e. The average molecular weight is 473 g/mol. The Labute approximate surface area is 191 Å². The van der Waals surface area contributed by atoms with E-state index in [0.717, 1.165) is 11.5 Å². The lowest BCUT2D eigenvalue weighted by Crippen LogP contribution is -2.14. The summed E-state index contributed by atoms with van der Waals surface area (Å²) in [6.45, 7) is 6.01. The SMILES string of the molecule is C=CCn1c(Cc2csc(NC(=O)c3nn(-c4cccc(Cl)c4)nc3C)n2)n[nH]c1=S. The van der Waals surface area contributed by atoms with Crippen LogP contribution < -0.4 is 5.32 Å². The van der Waals surface area contributed by atoms with Gasteiger partial charge in [-0.25, -0.2) is 4.98 Å². The number of hydrogen-bond donors (Lipinski definition) is 2. The van der Waals surface area contributed by atoms with Crippen molar-refractivity contribution in [1.29, 1.82) is 0 Å². The number of carbonyl (C=O) groups is 1. The van der Waals surface area contributed by atoms with E-state index in [2.05, 4.69) is 37.3 Å². The minimum atomic E-state index is -0.388. The molecule has 31 heavy (non-hydrogen) atoms. The minimum absolute atomic E-state index is 0.212. The molecule has 1 amide bonds. The van der Waals surface area contributed by atoms with Crippen molar-refractivity contribution >= 4 is 46.2 Å². The molecule has 4 rings (SSSR count). The standard InChI is InChI=1S/C19H17ClN8OS2/c1-3-7-27-15(23-24-19(27)30)9-13-10-31-18(21-13)22-17(29)16-11(2)25-28(26-16)14-6-4-5-12(20)8-14/h3-6,8,10H,1,7,9H2,2H3,(H,24,30)(H,21,22,29). The van der Waals surface area contributed by atoms with Gasteiger partial charge in [-0.2, -0.15) is 15.0 Å². The van der Waals surface area contributed by atoms with E-state index in [1.807, 2.05) is 16.0 Å². The molecule has 0 aliphatic carbocycles. The van der Waals surface area contributed by atoms with Crippen LogP contribution in [0, 0.1) is 11.7 Å². The number of anilines is 1. The summed E-state index contributed by atoms with van der Waals surface area (Å²) in [4.78, 5) is 18.6. The molecule has 0 saturated heterocycles. The Morgan fingerprint density at radius 2 is 2.26 bits per heavy atom. The van der Waals surface area contributed by atoms with Crippen molar-refractivity contribution in [3.63, 3.8) is 0 Å². The van der Waals surface area contributed by atoms with E-state index in [9.17, 15) is 4.79 Å². The van der Waals surface area contributed by atoms with Crippen LogP contribution in [0.1, 0.15) is 27.7 Å². The average Bonchev–Trinajstić information content (AvgIpc) is 3.43. The van der Waals surface area contributed by atoms with E-state index >= 15 is 0 Å². The van der Waals surface area contributed by atoms with Gasteiger partial charge in [0.25, 0.3) is 5.91 Å². The van der Waals surface area contributed by atoms with Crippen LogP contribution in [0.2, 0.25) is 5.02 Å². The molecular weight excluding hydrogens is 456 g/mol. The number of nitrogens with zero attached hydrogens (tertiary/aromatic N) is 6. The Kier molecular flexibility index (Phi) is 6.07. The van der Waals surface area contributed by atoms with Gasteiger partial charge < -0.3 is 0 Å².